The molecule has 14 aromatic rings. The van der Waals surface area contributed by atoms with Gasteiger partial charge in [-0.25, -0.2) is 15.0 Å². The summed E-state index contributed by atoms with van der Waals surface area (Å²) in [4.78, 5) is 15.5. The van der Waals surface area contributed by atoms with Gasteiger partial charge in [0.1, 0.15) is 11.2 Å². The summed E-state index contributed by atoms with van der Waals surface area (Å²) in [5, 5.41) is 14.4. The molecule has 14 rings (SSSR count). The molecule has 0 aliphatic carbocycles. The van der Waals surface area contributed by atoms with Crippen LogP contribution in [-0.2, 0) is 0 Å². The van der Waals surface area contributed by atoms with Crippen LogP contribution in [-0.4, -0.2) is 15.0 Å². The van der Waals surface area contributed by atoms with Crippen molar-refractivity contribution in [3.05, 3.63) is 212 Å². The Morgan fingerprint density at radius 1 is 0.288 bits per heavy atom. The van der Waals surface area contributed by atoms with Crippen LogP contribution in [0.3, 0.4) is 0 Å². The van der Waals surface area contributed by atoms with Gasteiger partial charge < -0.3 is 4.42 Å². The van der Waals surface area contributed by atoms with Crippen LogP contribution in [0, 0.1) is 0 Å². The highest BCUT2D eigenvalue weighted by Crippen LogP contribution is 2.45. The van der Waals surface area contributed by atoms with Crippen LogP contribution in [0.1, 0.15) is 0 Å². The Kier molecular flexibility index (Phi) is 8.12. The first-order chi connectivity index (χ1) is 32.7. The van der Waals surface area contributed by atoms with Gasteiger partial charge in [0, 0.05) is 53.2 Å². The minimum absolute atomic E-state index is 0.626. The molecule has 0 fully saturated rings. The molecule has 0 unspecified atom stereocenters. The van der Waals surface area contributed by atoms with Gasteiger partial charge in [-0.1, -0.05) is 182 Å². The van der Waals surface area contributed by atoms with E-state index in [9.17, 15) is 0 Å². The Labute approximate surface area is 382 Å². The molecule has 0 saturated carbocycles. The highest BCUT2D eigenvalue weighted by atomic mass is 32.1. The van der Waals surface area contributed by atoms with E-state index >= 15 is 0 Å². The molecule has 5 heteroatoms. The van der Waals surface area contributed by atoms with E-state index in [2.05, 4.69) is 194 Å². The van der Waals surface area contributed by atoms with Crippen molar-refractivity contribution in [2.24, 2.45) is 0 Å². The van der Waals surface area contributed by atoms with E-state index in [-0.39, 0.29) is 0 Å². The molecule has 4 nitrogen and oxygen atoms in total. The summed E-state index contributed by atoms with van der Waals surface area (Å²) < 4.78 is 9.40. The van der Waals surface area contributed by atoms with E-state index in [1.54, 1.807) is 11.3 Å². The maximum atomic E-state index is 6.93. The molecular formula is C61H35N3OS. The number of aromatic nitrogens is 3. The van der Waals surface area contributed by atoms with Gasteiger partial charge in [0.25, 0.3) is 0 Å². The zero-order valence-corrected chi connectivity index (χ0v) is 36.2. The number of benzene rings is 11. The molecule has 0 saturated heterocycles. The summed E-state index contributed by atoms with van der Waals surface area (Å²) in [6, 6.07) is 75.6. The van der Waals surface area contributed by atoms with Crippen LogP contribution in [0.5, 0.6) is 0 Å². The second kappa shape index (κ2) is 14.5. The number of thiophene rings is 1. The first-order valence-electron chi connectivity index (χ1n) is 22.3. The summed E-state index contributed by atoms with van der Waals surface area (Å²) >= 11 is 1.80. The standard InChI is InChI=1S/C61H35N3OS/c1-2-14-36(15-3-1)59-62-60(38-29-31-49-48-22-10-11-27-55(48)66-56(49)35-38)64-61(63-59)51-33-32-46(43-19-6-8-20-44(43)51)50-24-12-25-52-57-39(23-13-26-54(57)65-58(50)52)37-28-30-47-42-18-5-4-16-40(42)41-17-7-9-21-45(41)53(47)34-37/h1-35H. The summed E-state index contributed by atoms with van der Waals surface area (Å²) in [6.45, 7) is 0. The SMILES string of the molecule is c1ccc(-c2nc(-c3ccc4c(c3)sc3ccccc34)nc(-c3ccc(-c4cccc5c4oc4cccc(-c6ccc7c8ccccc8c8ccccc8c7c6)c45)c4ccccc34)n2)cc1. The van der Waals surface area contributed by atoms with Gasteiger partial charge in [0.05, 0.1) is 0 Å². The smallest absolute Gasteiger partial charge is 0.164 e. The van der Waals surface area contributed by atoms with Crippen molar-refractivity contribution < 1.29 is 4.42 Å². The summed E-state index contributed by atoms with van der Waals surface area (Å²) in [7, 11) is 0. The molecule has 0 radical (unpaired) electrons. The van der Waals surface area contributed by atoms with Gasteiger partial charge in [-0.15, -0.1) is 11.3 Å². The van der Waals surface area contributed by atoms with Crippen molar-refractivity contribution in [3.63, 3.8) is 0 Å². The van der Waals surface area contributed by atoms with Gasteiger partial charge in [0.15, 0.2) is 17.5 Å². The number of nitrogens with zero attached hydrogens (tertiary/aromatic N) is 3. The normalized spacial score (nSPS) is 11.9. The van der Waals surface area contributed by atoms with Crippen molar-refractivity contribution in [2.75, 3.05) is 0 Å². The zero-order valence-electron chi connectivity index (χ0n) is 35.4. The average Bonchev–Trinajstić information content (AvgIpc) is 3.97. The molecule has 0 aliphatic rings. The van der Waals surface area contributed by atoms with Crippen LogP contribution in [0.25, 0.3) is 142 Å². The first kappa shape index (κ1) is 36.9. The quantitative estimate of drug-likeness (QED) is 0.162. The van der Waals surface area contributed by atoms with Crippen molar-refractivity contribution >= 4 is 96.5 Å². The predicted octanol–water partition coefficient (Wildman–Crippen LogP) is 17.1. The molecule has 306 valence electrons. The van der Waals surface area contributed by atoms with Crippen LogP contribution in [0.2, 0.25) is 0 Å². The Morgan fingerprint density at radius 2 is 0.818 bits per heavy atom. The van der Waals surface area contributed by atoms with Crippen LogP contribution in [0.4, 0.5) is 0 Å². The lowest BCUT2D eigenvalue weighted by atomic mass is 9.90. The highest BCUT2D eigenvalue weighted by Gasteiger charge is 2.21. The third kappa shape index (κ3) is 5.67. The van der Waals surface area contributed by atoms with Crippen molar-refractivity contribution in [1.29, 1.82) is 0 Å². The zero-order chi connectivity index (χ0) is 43.3. The minimum atomic E-state index is 0.626. The molecule has 0 N–H and O–H groups in total. The molecule has 0 amide bonds. The predicted molar refractivity (Wildman–Crippen MR) is 277 cm³/mol. The Balaban J connectivity index is 0.928. The number of rotatable bonds is 5. The Bertz CT molecular complexity index is 4270. The number of hydrogen-bond acceptors (Lipinski definition) is 5. The monoisotopic (exact) mass is 857 g/mol. The number of fused-ring (bicyclic) bond motifs is 13. The van der Waals surface area contributed by atoms with Gasteiger partial charge in [-0.05, 0) is 90.1 Å². The van der Waals surface area contributed by atoms with E-state index in [0.29, 0.717) is 17.5 Å². The van der Waals surface area contributed by atoms with E-state index in [1.165, 1.54) is 52.5 Å². The second-order valence-electron chi connectivity index (χ2n) is 17.0. The van der Waals surface area contributed by atoms with Crippen LogP contribution >= 0.6 is 11.3 Å². The Hall–Kier alpha value is -8.51. The molecule has 0 aliphatic heterocycles. The molecule has 66 heavy (non-hydrogen) atoms. The summed E-state index contributed by atoms with van der Waals surface area (Å²) in [6.07, 6.45) is 0. The molecule has 0 spiro atoms. The van der Waals surface area contributed by atoms with E-state index in [0.717, 1.165) is 71.7 Å². The first-order valence-corrected chi connectivity index (χ1v) is 23.1. The summed E-state index contributed by atoms with van der Waals surface area (Å²) in [5.41, 5.74) is 8.98. The van der Waals surface area contributed by atoms with Crippen molar-refractivity contribution in [1.82, 2.24) is 15.0 Å². The van der Waals surface area contributed by atoms with E-state index < -0.39 is 0 Å². The van der Waals surface area contributed by atoms with Crippen molar-refractivity contribution in [2.45, 2.75) is 0 Å². The molecule has 3 aromatic heterocycles. The number of furan rings is 1. The second-order valence-corrected chi connectivity index (χ2v) is 18.1. The molecule has 0 bridgehead atoms. The van der Waals surface area contributed by atoms with Gasteiger partial charge in [-0.3, -0.25) is 0 Å². The highest BCUT2D eigenvalue weighted by molar-refractivity contribution is 7.25. The van der Waals surface area contributed by atoms with E-state index in [4.69, 9.17) is 19.4 Å². The largest absolute Gasteiger partial charge is 0.455 e. The molecule has 3 heterocycles. The fourth-order valence-corrected chi connectivity index (χ4v) is 11.5. The third-order valence-corrected chi connectivity index (χ3v) is 14.5. The fraction of sp³-hybridized carbons (Fsp3) is 0. The lowest BCUT2D eigenvalue weighted by Crippen LogP contribution is -2.00. The maximum absolute atomic E-state index is 6.93. The van der Waals surface area contributed by atoms with Gasteiger partial charge in [0.2, 0.25) is 0 Å². The Morgan fingerprint density at radius 3 is 1.59 bits per heavy atom. The maximum Gasteiger partial charge on any atom is 0.164 e. The lowest BCUT2D eigenvalue weighted by molar-refractivity contribution is 0.670. The van der Waals surface area contributed by atoms with Crippen LogP contribution in [0.15, 0.2) is 217 Å². The van der Waals surface area contributed by atoms with Gasteiger partial charge >= 0.3 is 0 Å². The van der Waals surface area contributed by atoms with Gasteiger partial charge in [-0.2, -0.15) is 0 Å². The average molecular weight is 858 g/mol. The molecular weight excluding hydrogens is 823 g/mol. The summed E-state index contributed by atoms with van der Waals surface area (Å²) in [5.74, 6) is 1.90. The topological polar surface area (TPSA) is 51.8 Å². The number of hydrogen-bond donors (Lipinski definition) is 0. The van der Waals surface area contributed by atoms with E-state index in [1.807, 2.05) is 18.2 Å². The van der Waals surface area contributed by atoms with Crippen molar-refractivity contribution in [3.8, 4) is 56.4 Å². The fourth-order valence-electron chi connectivity index (χ4n) is 10.3. The lowest BCUT2D eigenvalue weighted by Gasteiger charge is -2.13. The minimum Gasteiger partial charge on any atom is -0.455 e. The molecule has 0 atom stereocenters. The third-order valence-electron chi connectivity index (χ3n) is 13.3. The van der Waals surface area contributed by atoms with Crippen LogP contribution < -0.4 is 0 Å². The number of para-hydroxylation sites is 1. The molecule has 11 aromatic carbocycles.